The Hall–Kier alpha value is -2.66. The molecule has 0 radical (unpaired) electrons. The fourth-order valence-corrected chi connectivity index (χ4v) is 3.88. The lowest BCUT2D eigenvalue weighted by Crippen LogP contribution is -2.36. The number of amides is 2. The van der Waals surface area contributed by atoms with Crippen LogP contribution < -0.4 is 16.0 Å². The molecule has 7 nitrogen and oxygen atoms in total. The van der Waals surface area contributed by atoms with E-state index in [1.807, 2.05) is 9.80 Å². The highest BCUT2D eigenvalue weighted by Crippen LogP contribution is 2.29. The number of carbonyl (C=O) groups is 2. The summed E-state index contributed by atoms with van der Waals surface area (Å²) in [5.41, 5.74) is 4.77. The lowest BCUT2D eigenvalue weighted by molar-refractivity contribution is -0.137. The van der Waals surface area contributed by atoms with Gasteiger partial charge in [0.15, 0.2) is 0 Å². The van der Waals surface area contributed by atoms with Crippen molar-refractivity contribution in [2.24, 2.45) is 5.73 Å². The number of thiophene rings is 1. The lowest BCUT2D eigenvalue weighted by Gasteiger charge is -2.22. The third-order valence-electron chi connectivity index (χ3n) is 4.54. The molecule has 0 unspecified atom stereocenters. The summed E-state index contributed by atoms with van der Waals surface area (Å²) in [5, 5.41) is 4.81. The highest BCUT2D eigenvalue weighted by molar-refractivity contribution is 7.14. The second-order valence-electron chi connectivity index (χ2n) is 6.60. The van der Waals surface area contributed by atoms with Crippen LogP contribution in [0.4, 0.5) is 24.0 Å². The molecular formula is C18H20F3N5O2S. The van der Waals surface area contributed by atoms with Crippen molar-refractivity contribution in [2.45, 2.75) is 12.6 Å². The topological polar surface area (TPSA) is 91.6 Å². The summed E-state index contributed by atoms with van der Waals surface area (Å²) in [5.74, 6) is -0.374. The molecule has 0 aliphatic carbocycles. The number of hydrogen-bond acceptors (Lipinski definition) is 6. The molecule has 2 amide bonds. The van der Waals surface area contributed by atoms with Crippen molar-refractivity contribution in [1.82, 2.24) is 9.88 Å². The Balaban J connectivity index is 1.55. The molecule has 3 N–H and O–H groups in total. The van der Waals surface area contributed by atoms with Crippen LogP contribution in [0.1, 0.15) is 22.3 Å². The zero-order valence-electron chi connectivity index (χ0n) is 15.4. The monoisotopic (exact) mass is 427 g/mol. The van der Waals surface area contributed by atoms with Crippen LogP contribution in [0.3, 0.4) is 0 Å². The van der Waals surface area contributed by atoms with Crippen molar-refractivity contribution in [3.8, 4) is 0 Å². The van der Waals surface area contributed by atoms with Crippen LogP contribution >= 0.6 is 11.3 Å². The summed E-state index contributed by atoms with van der Waals surface area (Å²) < 4.78 is 38.0. The van der Waals surface area contributed by atoms with Crippen LogP contribution in [-0.2, 0) is 11.0 Å². The van der Waals surface area contributed by atoms with E-state index in [-0.39, 0.29) is 18.0 Å². The van der Waals surface area contributed by atoms with Gasteiger partial charge >= 0.3 is 6.18 Å². The molecule has 0 atom stereocenters. The first-order valence-electron chi connectivity index (χ1n) is 8.92. The average Bonchev–Trinajstić information content (AvgIpc) is 2.99. The van der Waals surface area contributed by atoms with Gasteiger partial charge in [0.2, 0.25) is 5.91 Å². The first kappa shape index (κ1) is 21.1. The van der Waals surface area contributed by atoms with Crippen molar-refractivity contribution >= 4 is 34.0 Å². The Bertz CT molecular complexity index is 869. The second kappa shape index (κ2) is 8.78. The summed E-state index contributed by atoms with van der Waals surface area (Å²) in [7, 11) is 0. The van der Waals surface area contributed by atoms with E-state index in [2.05, 4.69) is 10.3 Å². The number of aromatic nitrogens is 1. The van der Waals surface area contributed by atoms with Gasteiger partial charge in [-0.1, -0.05) is 0 Å². The van der Waals surface area contributed by atoms with Gasteiger partial charge in [-0.25, -0.2) is 4.98 Å². The molecule has 0 saturated carbocycles. The minimum atomic E-state index is -4.41. The fourth-order valence-electron chi connectivity index (χ4n) is 3.07. The van der Waals surface area contributed by atoms with Gasteiger partial charge in [0.25, 0.3) is 5.91 Å². The van der Waals surface area contributed by atoms with Crippen LogP contribution in [0.15, 0.2) is 29.8 Å². The first-order valence-corrected chi connectivity index (χ1v) is 9.79. The molecule has 3 rings (SSSR count). The van der Waals surface area contributed by atoms with Gasteiger partial charge in [-0.15, -0.1) is 11.3 Å². The SMILES string of the molecule is NC(=O)c1ccsc1NC(=O)CN1CCCN(c2ccc(C(F)(F)F)cn2)CC1. The van der Waals surface area contributed by atoms with E-state index in [0.29, 0.717) is 37.0 Å². The Kier molecular flexibility index (Phi) is 6.38. The number of anilines is 2. The summed E-state index contributed by atoms with van der Waals surface area (Å²) in [6.45, 7) is 2.54. The number of nitrogens with one attached hydrogen (secondary N) is 1. The third kappa shape index (κ3) is 5.45. The van der Waals surface area contributed by atoms with Crippen molar-refractivity contribution < 1.29 is 22.8 Å². The van der Waals surface area contributed by atoms with E-state index in [4.69, 9.17) is 5.73 Å². The van der Waals surface area contributed by atoms with E-state index in [9.17, 15) is 22.8 Å². The average molecular weight is 427 g/mol. The number of nitrogens with two attached hydrogens (primary N) is 1. The Morgan fingerprint density at radius 1 is 1.17 bits per heavy atom. The summed E-state index contributed by atoms with van der Waals surface area (Å²) in [4.78, 5) is 31.5. The smallest absolute Gasteiger partial charge is 0.366 e. The number of rotatable bonds is 5. The van der Waals surface area contributed by atoms with Gasteiger partial charge in [0.05, 0.1) is 17.7 Å². The molecule has 156 valence electrons. The van der Waals surface area contributed by atoms with Gasteiger partial charge in [-0.3, -0.25) is 14.5 Å². The van der Waals surface area contributed by atoms with Crippen LogP contribution in [0.2, 0.25) is 0 Å². The molecule has 0 bridgehead atoms. The quantitative estimate of drug-likeness (QED) is 0.765. The molecule has 3 heterocycles. The molecule has 29 heavy (non-hydrogen) atoms. The number of nitrogens with zero attached hydrogens (tertiary/aromatic N) is 3. The lowest BCUT2D eigenvalue weighted by atomic mass is 10.2. The number of carbonyl (C=O) groups excluding carboxylic acids is 2. The maximum atomic E-state index is 12.7. The predicted molar refractivity (Wildman–Crippen MR) is 104 cm³/mol. The largest absolute Gasteiger partial charge is 0.417 e. The van der Waals surface area contributed by atoms with Crippen LogP contribution in [0, 0.1) is 0 Å². The molecule has 0 aromatic carbocycles. The third-order valence-corrected chi connectivity index (χ3v) is 5.37. The molecule has 2 aromatic heterocycles. The van der Waals surface area contributed by atoms with Crippen LogP contribution in [-0.4, -0.2) is 54.4 Å². The number of hydrogen-bond donors (Lipinski definition) is 2. The molecular weight excluding hydrogens is 407 g/mol. The molecule has 1 aliphatic rings. The number of primary amides is 1. The molecule has 1 aliphatic heterocycles. The minimum Gasteiger partial charge on any atom is -0.366 e. The summed E-state index contributed by atoms with van der Waals surface area (Å²) >= 11 is 1.22. The minimum absolute atomic E-state index is 0.143. The van der Waals surface area contributed by atoms with Gasteiger partial charge in [0.1, 0.15) is 10.8 Å². The Morgan fingerprint density at radius 3 is 2.62 bits per heavy atom. The van der Waals surface area contributed by atoms with Crippen molar-refractivity contribution in [1.29, 1.82) is 0 Å². The van der Waals surface area contributed by atoms with Gasteiger partial charge in [-0.2, -0.15) is 13.2 Å². The molecule has 1 saturated heterocycles. The molecule has 0 spiro atoms. The maximum absolute atomic E-state index is 12.7. The fraction of sp³-hybridized carbons (Fsp3) is 0.389. The van der Waals surface area contributed by atoms with Gasteiger partial charge in [0, 0.05) is 32.4 Å². The van der Waals surface area contributed by atoms with Gasteiger partial charge < -0.3 is 16.0 Å². The maximum Gasteiger partial charge on any atom is 0.417 e. The highest BCUT2D eigenvalue weighted by atomic mass is 32.1. The molecule has 2 aromatic rings. The van der Waals surface area contributed by atoms with Crippen LogP contribution in [0.25, 0.3) is 0 Å². The Morgan fingerprint density at radius 2 is 1.97 bits per heavy atom. The second-order valence-corrected chi connectivity index (χ2v) is 7.51. The zero-order valence-corrected chi connectivity index (χ0v) is 16.2. The number of pyridine rings is 1. The van der Waals surface area contributed by atoms with Crippen LogP contribution in [0.5, 0.6) is 0 Å². The van der Waals surface area contributed by atoms with Crippen molar-refractivity contribution in [3.63, 3.8) is 0 Å². The summed E-state index contributed by atoms with van der Waals surface area (Å²) in [6, 6.07) is 3.95. The van der Waals surface area contributed by atoms with E-state index < -0.39 is 17.6 Å². The van der Waals surface area contributed by atoms with E-state index in [1.165, 1.54) is 17.4 Å². The molecule has 1 fully saturated rings. The van der Waals surface area contributed by atoms with E-state index in [0.717, 1.165) is 18.7 Å². The Labute approximate surface area is 169 Å². The van der Waals surface area contributed by atoms with Crippen molar-refractivity contribution in [2.75, 3.05) is 42.9 Å². The number of alkyl halides is 3. The molecule has 11 heteroatoms. The van der Waals surface area contributed by atoms with E-state index >= 15 is 0 Å². The predicted octanol–water partition coefficient (Wildman–Crippen LogP) is 2.41. The highest BCUT2D eigenvalue weighted by Gasteiger charge is 2.31. The first-order chi connectivity index (χ1) is 13.7. The normalized spacial score (nSPS) is 15.8. The standard InChI is InChI=1S/C18H20F3N5O2S/c19-18(20,21)12-2-3-14(23-10-12)26-6-1-5-25(7-8-26)11-15(27)24-17-13(16(22)28)4-9-29-17/h2-4,9-10H,1,5-8,11H2,(H2,22,28)(H,24,27). The number of halogens is 3. The van der Waals surface area contributed by atoms with Crippen molar-refractivity contribution in [3.05, 3.63) is 40.9 Å². The van der Waals surface area contributed by atoms with E-state index in [1.54, 1.807) is 11.4 Å². The summed E-state index contributed by atoms with van der Waals surface area (Å²) in [6.07, 6.45) is -2.84. The zero-order chi connectivity index (χ0) is 21.0. The van der Waals surface area contributed by atoms with Gasteiger partial charge in [-0.05, 0) is 30.0 Å².